The third kappa shape index (κ3) is 4.33. The van der Waals surface area contributed by atoms with Crippen molar-refractivity contribution in [3.05, 3.63) is 55.2 Å². The molecule has 134 valence electrons. The number of rotatable bonds is 6. The van der Waals surface area contributed by atoms with Crippen LogP contribution in [0, 0.1) is 13.8 Å². The Hall–Kier alpha value is -1.17. The van der Waals surface area contributed by atoms with Crippen molar-refractivity contribution in [3.8, 4) is 0 Å². The standard InChI is InChI=1S/C20H25BrN2OS/c1-13-10-15-12-23(19(24)17(15)11-14(13)2)9-8-20(3,22)7-6-16-4-5-18(21)25-16/h4-5,10-11H,6-9,12,22H2,1-3H3. The summed E-state index contributed by atoms with van der Waals surface area (Å²) in [7, 11) is 0. The number of aryl methyl sites for hydroxylation is 3. The Balaban J connectivity index is 1.57. The Bertz CT molecular complexity index is 797. The molecule has 0 saturated heterocycles. The molecule has 1 aliphatic rings. The number of nitrogens with zero attached hydrogens (tertiary/aromatic N) is 1. The van der Waals surface area contributed by atoms with E-state index in [0.29, 0.717) is 13.1 Å². The van der Waals surface area contributed by atoms with Gasteiger partial charge in [0.15, 0.2) is 0 Å². The second-order valence-electron chi connectivity index (χ2n) is 7.43. The van der Waals surface area contributed by atoms with Crippen LogP contribution in [0.5, 0.6) is 0 Å². The zero-order valence-electron chi connectivity index (χ0n) is 15.1. The van der Waals surface area contributed by atoms with Crippen LogP contribution in [0.15, 0.2) is 28.1 Å². The molecule has 0 bridgehead atoms. The molecular weight excluding hydrogens is 396 g/mol. The van der Waals surface area contributed by atoms with E-state index in [2.05, 4.69) is 54.9 Å². The summed E-state index contributed by atoms with van der Waals surface area (Å²) in [6.07, 6.45) is 2.72. The average Bonchev–Trinajstić information content (AvgIpc) is 3.09. The number of carbonyl (C=O) groups is 1. The maximum absolute atomic E-state index is 12.6. The van der Waals surface area contributed by atoms with E-state index in [9.17, 15) is 4.79 Å². The lowest BCUT2D eigenvalue weighted by Crippen LogP contribution is -2.40. The molecule has 2 N–H and O–H groups in total. The third-order valence-electron chi connectivity index (χ3n) is 5.12. The van der Waals surface area contributed by atoms with E-state index in [1.165, 1.54) is 16.0 Å². The normalized spacial score (nSPS) is 16.2. The van der Waals surface area contributed by atoms with Crippen molar-refractivity contribution in [2.45, 2.75) is 52.1 Å². The smallest absolute Gasteiger partial charge is 0.254 e. The fraction of sp³-hybridized carbons (Fsp3) is 0.450. The number of nitrogens with two attached hydrogens (primary N) is 1. The Kier molecular flexibility index (Phi) is 5.37. The van der Waals surface area contributed by atoms with Gasteiger partial charge in [-0.15, -0.1) is 11.3 Å². The van der Waals surface area contributed by atoms with Gasteiger partial charge in [-0.05, 0) is 90.9 Å². The second kappa shape index (κ2) is 7.22. The van der Waals surface area contributed by atoms with E-state index in [4.69, 9.17) is 5.73 Å². The molecule has 3 nitrogen and oxygen atoms in total. The Morgan fingerprint density at radius 2 is 1.96 bits per heavy atom. The van der Waals surface area contributed by atoms with E-state index in [0.717, 1.165) is 34.2 Å². The van der Waals surface area contributed by atoms with Crippen molar-refractivity contribution < 1.29 is 4.79 Å². The van der Waals surface area contributed by atoms with E-state index in [1.54, 1.807) is 11.3 Å². The average molecular weight is 421 g/mol. The highest BCUT2D eigenvalue weighted by atomic mass is 79.9. The largest absolute Gasteiger partial charge is 0.334 e. The topological polar surface area (TPSA) is 46.3 Å². The summed E-state index contributed by atoms with van der Waals surface area (Å²) < 4.78 is 1.16. The van der Waals surface area contributed by atoms with Crippen LogP contribution in [0.1, 0.15) is 51.7 Å². The van der Waals surface area contributed by atoms with Gasteiger partial charge in [-0.1, -0.05) is 6.07 Å². The molecule has 2 aromatic rings. The summed E-state index contributed by atoms with van der Waals surface area (Å²) >= 11 is 5.27. The van der Waals surface area contributed by atoms with Crippen molar-refractivity contribution in [1.82, 2.24) is 4.90 Å². The van der Waals surface area contributed by atoms with Gasteiger partial charge in [0.1, 0.15) is 0 Å². The molecular formula is C20H25BrN2OS. The van der Waals surface area contributed by atoms with Crippen LogP contribution < -0.4 is 5.73 Å². The monoisotopic (exact) mass is 420 g/mol. The molecule has 1 aliphatic heterocycles. The zero-order valence-corrected chi connectivity index (χ0v) is 17.5. The molecule has 5 heteroatoms. The lowest BCUT2D eigenvalue weighted by Gasteiger charge is -2.27. The van der Waals surface area contributed by atoms with Gasteiger partial charge in [-0.3, -0.25) is 4.79 Å². The van der Waals surface area contributed by atoms with Crippen molar-refractivity contribution in [2.24, 2.45) is 5.73 Å². The minimum absolute atomic E-state index is 0.149. The van der Waals surface area contributed by atoms with E-state index in [-0.39, 0.29) is 11.4 Å². The summed E-state index contributed by atoms with van der Waals surface area (Å²) in [6.45, 7) is 7.68. The molecule has 0 saturated carbocycles. The van der Waals surface area contributed by atoms with Gasteiger partial charge in [0.25, 0.3) is 5.91 Å². The first-order chi connectivity index (χ1) is 11.7. The molecule has 1 amide bonds. The molecule has 1 aromatic carbocycles. The molecule has 1 aromatic heterocycles. The molecule has 3 rings (SSSR count). The molecule has 0 spiro atoms. The van der Waals surface area contributed by atoms with Crippen molar-refractivity contribution in [2.75, 3.05) is 6.54 Å². The van der Waals surface area contributed by atoms with Crippen LogP contribution >= 0.6 is 27.3 Å². The number of benzene rings is 1. The maximum atomic E-state index is 12.6. The summed E-state index contributed by atoms with van der Waals surface area (Å²) in [5.41, 5.74) is 10.7. The second-order valence-corrected chi connectivity index (χ2v) is 9.98. The van der Waals surface area contributed by atoms with Crippen molar-refractivity contribution in [3.63, 3.8) is 0 Å². The fourth-order valence-electron chi connectivity index (χ4n) is 3.24. The van der Waals surface area contributed by atoms with E-state index < -0.39 is 0 Å². The number of thiophene rings is 1. The first-order valence-corrected chi connectivity index (χ1v) is 10.3. The van der Waals surface area contributed by atoms with Crippen LogP contribution in [-0.2, 0) is 13.0 Å². The highest BCUT2D eigenvalue weighted by Gasteiger charge is 2.29. The van der Waals surface area contributed by atoms with Gasteiger partial charge in [0, 0.05) is 29.1 Å². The van der Waals surface area contributed by atoms with Gasteiger partial charge in [0.05, 0.1) is 3.79 Å². The number of fused-ring (bicyclic) bond motifs is 1. The van der Waals surface area contributed by atoms with Crippen LogP contribution in [0.3, 0.4) is 0 Å². The first-order valence-electron chi connectivity index (χ1n) is 8.68. The number of halogens is 1. The molecule has 2 heterocycles. The third-order valence-corrected chi connectivity index (χ3v) is 6.81. The minimum atomic E-state index is -0.267. The molecule has 1 atom stereocenters. The van der Waals surface area contributed by atoms with Gasteiger partial charge >= 0.3 is 0 Å². The fourth-order valence-corrected chi connectivity index (χ4v) is 4.73. The predicted molar refractivity (Wildman–Crippen MR) is 108 cm³/mol. The van der Waals surface area contributed by atoms with Gasteiger partial charge in [0.2, 0.25) is 0 Å². The predicted octanol–water partition coefficient (Wildman–Crippen LogP) is 4.82. The van der Waals surface area contributed by atoms with E-state index in [1.807, 2.05) is 11.0 Å². The maximum Gasteiger partial charge on any atom is 0.254 e. The highest BCUT2D eigenvalue weighted by Crippen LogP contribution is 2.28. The van der Waals surface area contributed by atoms with E-state index >= 15 is 0 Å². The Morgan fingerprint density at radius 1 is 1.24 bits per heavy atom. The highest BCUT2D eigenvalue weighted by molar-refractivity contribution is 9.11. The van der Waals surface area contributed by atoms with Gasteiger partial charge in [-0.2, -0.15) is 0 Å². The summed E-state index contributed by atoms with van der Waals surface area (Å²) in [4.78, 5) is 15.9. The van der Waals surface area contributed by atoms with Crippen LogP contribution in [-0.4, -0.2) is 22.9 Å². The number of amides is 1. The lowest BCUT2D eigenvalue weighted by atomic mass is 9.92. The van der Waals surface area contributed by atoms with Crippen LogP contribution in [0.2, 0.25) is 0 Å². The molecule has 0 aliphatic carbocycles. The lowest BCUT2D eigenvalue weighted by molar-refractivity contribution is 0.0766. The van der Waals surface area contributed by atoms with Gasteiger partial charge in [-0.25, -0.2) is 0 Å². The first kappa shape index (κ1) is 18.6. The number of hydrogen-bond acceptors (Lipinski definition) is 3. The summed E-state index contributed by atoms with van der Waals surface area (Å²) in [5, 5.41) is 0. The number of carbonyl (C=O) groups excluding carboxylic acids is 1. The zero-order chi connectivity index (χ0) is 18.2. The molecule has 0 fully saturated rings. The SMILES string of the molecule is Cc1cc2c(cc1C)C(=O)N(CCC(C)(N)CCc1ccc(Br)s1)C2. The quantitative estimate of drug-likeness (QED) is 0.727. The Morgan fingerprint density at radius 3 is 2.64 bits per heavy atom. The number of hydrogen-bond donors (Lipinski definition) is 1. The van der Waals surface area contributed by atoms with Crippen LogP contribution in [0.4, 0.5) is 0 Å². The summed E-state index contributed by atoms with van der Waals surface area (Å²) in [6, 6.07) is 8.41. The van der Waals surface area contributed by atoms with Gasteiger partial charge < -0.3 is 10.6 Å². The molecule has 0 radical (unpaired) electrons. The Labute approximate surface area is 162 Å². The van der Waals surface area contributed by atoms with Crippen LogP contribution in [0.25, 0.3) is 0 Å². The minimum Gasteiger partial charge on any atom is -0.334 e. The molecule has 1 unspecified atom stereocenters. The van der Waals surface area contributed by atoms with Crippen molar-refractivity contribution in [1.29, 1.82) is 0 Å². The van der Waals surface area contributed by atoms with Crippen molar-refractivity contribution >= 4 is 33.2 Å². The summed E-state index contributed by atoms with van der Waals surface area (Å²) in [5.74, 6) is 0.149. The molecule has 25 heavy (non-hydrogen) atoms.